The second-order valence-corrected chi connectivity index (χ2v) is 5.28. The second-order valence-electron chi connectivity index (χ2n) is 1.22. The van der Waals surface area contributed by atoms with Crippen LogP contribution in [-0.4, -0.2) is 19.8 Å². The van der Waals surface area contributed by atoms with E-state index in [1.54, 1.807) is 0 Å². The molecule has 0 N–H and O–H groups in total. The van der Waals surface area contributed by atoms with Gasteiger partial charge in [-0.2, -0.15) is 0 Å². The molecule has 0 spiro atoms. The molecule has 0 aromatic carbocycles. The summed E-state index contributed by atoms with van der Waals surface area (Å²) in [5.41, 5.74) is 1.54. The highest BCUT2D eigenvalue weighted by Crippen LogP contribution is 1.87. The summed E-state index contributed by atoms with van der Waals surface area (Å²) in [5, 5.41) is 0. The highest BCUT2D eigenvalue weighted by atomic mass is 35.5. The number of hydrogen-bond acceptors (Lipinski definition) is 0. The number of rotatable bonds is 2. The first-order chi connectivity index (χ1) is 2.81. The Balaban J connectivity index is 2.75. The molecule has 0 heterocycles. The van der Waals surface area contributed by atoms with E-state index in [0.717, 1.165) is 11.0 Å². The van der Waals surface area contributed by atoms with E-state index in [1.807, 2.05) is 0 Å². The first-order valence-corrected chi connectivity index (χ1v) is 5.22. The van der Waals surface area contributed by atoms with Crippen molar-refractivity contribution in [2.24, 2.45) is 0 Å². The Morgan fingerprint density at radius 1 is 1.33 bits per heavy atom. The summed E-state index contributed by atoms with van der Waals surface area (Å²) in [5.74, 6) is 0. The van der Waals surface area contributed by atoms with Crippen molar-refractivity contribution in [2.45, 2.75) is 6.55 Å². The van der Waals surface area contributed by atoms with Crippen LogP contribution in [0.15, 0.2) is 0 Å². The minimum atomic E-state index is -0.337. The Kier molecular flexibility index (Phi) is 4.50. The van der Waals surface area contributed by atoms with Crippen molar-refractivity contribution in [1.29, 1.82) is 0 Å². The van der Waals surface area contributed by atoms with Crippen LogP contribution in [0, 0.1) is 0 Å². The summed E-state index contributed by atoms with van der Waals surface area (Å²) in [6, 6.07) is 0. The lowest BCUT2D eigenvalue weighted by Gasteiger charge is -1.92. The molecule has 0 aromatic rings. The molecule has 0 bridgehead atoms. The van der Waals surface area contributed by atoms with Crippen LogP contribution in [0.2, 0.25) is 6.55 Å². The summed E-state index contributed by atoms with van der Waals surface area (Å²) < 4.78 is 0. The summed E-state index contributed by atoms with van der Waals surface area (Å²) in [7, 11) is -0.337. The van der Waals surface area contributed by atoms with Gasteiger partial charge in [0.1, 0.15) is 0 Å². The standard InChI is InChI=1S/C3H7Cl2Si/c1-6(2-4)3-5/h2-3H2,1H3. The SMILES string of the molecule is C[Si](CCl)CCl. The smallest absolute Gasteiger partial charge is 0.0801 e. The molecule has 0 aliphatic carbocycles. The van der Waals surface area contributed by atoms with Gasteiger partial charge in [-0.3, -0.25) is 0 Å². The fourth-order valence-electron chi connectivity index (χ4n) is 0.0357. The molecular formula is C3H7Cl2Si. The van der Waals surface area contributed by atoms with Crippen molar-refractivity contribution in [3.8, 4) is 0 Å². The Hall–Kier alpha value is 0.797. The molecule has 0 fully saturated rings. The van der Waals surface area contributed by atoms with Gasteiger partial charge >= 0.3 is 0 Å². The topological polar surface area (TPSA) is 0 Å². The Labute approximate surface area is 50.1 Å². The molecule has 0 aliphatic heterocycles. The van der Waals surface area contributed by atoms with E-state index >= 15 is 0 Å². The lowest BCUT2D eigenvalue weighted by Crippen LogP contribution is -2.11. The van der Waals surface area contributed by atoms with E-state index in [4.69, 9.17) is 23.2 Å². The Morgan fingerprint density at radius 3 is 1.67 bits per heavy atom. The fraction of sp³-hybridized carbons (Fsp3) is 1.00. The zero-order valence-corrected chi connectivity index (χ0v) is 6.18. The molecule has 0 amide bonds. The molecular weight excluding hydrogens is 135 g/mol. The maximum atomic E-state index is 5.41. The molecule has 0 unspecified atom stereocenters. The van der Waals surface area contributed by atoms with Crippen molar-refractivity contribution in [1.82, 2.24) is 0 Å². The maximum absolute atomic E-state index is 5.41. The van der Waals surface area contributed by atoms with E-state index < -0.39 is 0 Å². The zero-order chi connectivity index (χ0) is 4.99. The van der Waals surface area contributed by atoms with Crippen LogP contribution in [0.3, 0.4) is 0 Å². The van der Waals surface area contributed by atoms with Crippen LogP contribution in [0.5, 0.6) is 0 Å². The van der Waals surface area contributed by atoms with Crippen molar-refractivity contribution < 1.29 is 0 Å². The average molecular weight is 142 g/mol. The van der Waals surface area contributed by atoms with E-state index in [1.165, 1.54) is 0 Å². The first kappa shape index (κ1) is 6.80. The third kappa shape index (κ3) is 3.01. The van der Waals surface area contributed by atoms with Gasteiger partial charge in [0.15, 0.2) is 0 Å². The van der Waals surface area contributed by atoms with E-state index in [-0.39, 0.29) is 8.80 Å². The average Bonchev–Trinajstić information content (AvgIpc) is 1.65. The van der Waals surface area contributed by atoms with Gasteiger partial charge in [0.2, 0.25) is 0 Å². The Bertz CT molecular complexity index is 28.0. The molecule has 3 heteroatoms. The van der Waals surface area contributed by atoms with Gasteiger partial charge < -0.3 is 0 Å². The van der Waals surface area contributed by atoms with Crippen LogP contribution >= 0.6 is 23.2 Å². The van der Waals surface area contributed by atoms with Crippen LogP contribution in [-0.2, 0) is 0 Å². The fourth-order valence-corrected chi connectivity index (χ4v) is 0.964. The monoisotopic (exact) mass is 141 g/mol. The molecule has 0 aliphatic rings. The number of hydrogen-bond donors (Lipinski definition) is 0. The lowest BCUT2D eigenvalue weighted by atomic mass is 11.8. The first-order valence-electron chi connectivity index (χ1n) is 1.74. The summed E-state index contributed by atoms with van der Waals surface area (Å²) >= 11 is 10.8. The van der Waals surface area contributed by atoms with Crippen molar-refractivity contribution in [3.63, 3.8) is 0 Å². The maximum Gasteiger partial charge on any atom is 0.0801 e. The quantitative estimate of drug-likeness (QED) is 0.406. The predicted octanol–water partition coefficient (Wildman–Crippen LogP) is 1.67. The van der Waals surface area contributed by atoms with Gasteiger partial charge in [-0.15, -0.1) is 23.2 Å². The highest BCUT2D eigenvalue weighted by molar-refractivity contribution is 6.72. The molecule has 0 aromatic heterocycles. The Morgan fingerprint density at radius 2 is 1.67 bits per heavy atom. The summed E-state index contributed by atoms with van der Waals surface area (Å²) in [6.07, 6.45) is 0. The van der Waals surface area contributed by atoms with Crippen LogP contribution < -0.4 is 0 Å². The highest BCUT2D eigenvalue weighted by Gasteiger charge is 1.95. The number of halogens is 2. The van der Waals surface area contributed by atoms with Crippen LogP contribution in [0.4, 0.5) is 0 Å². The zero-order valence-electron chi connectivity index (χ0n) is 3.67. The number of alkyl halides is 2. The van der Waals surface area contributed by atoms with E-state index in [0.29, 0.717) is 0 Å². The minimum Gasteiger partial charge on any atom is -0.130 e. The van der Waals surface area contributed by atoms with Crippen molar-refractivity contribution in [3.05, 3.63) is 0 Å². The summed E-state index contributed by atoms with van der Waals surface area (Å²) in [4.78, 5) is 0. The van der Waals surface area contributed by atoms with Gasteiger partial charge in [0.05, 0.1) is 8.80 Å². The van der Waals surface area contributed by atoms with Crippen LogP contribution in [0.1, 0.15) is 0 Å². The largest absolute Gasteiger partial charge is 0.130 e. The minimum absolute atomic E-state index is 0.337. The van der Waals surface area contributed by atoms with Gasteiger partial charge in [-0.05, 0) is 0 Å². The lowest BCUT2D eigenvalue weighted by molar-refractivity contribution is 1.80. The van der Waals surface area contributed by atoms with Crippen molar-refractivity contribution in [2.75, 3.05) is 11.0 Å². The molecule has 0 nitrogen and oxygen atoms in total. The van der Waals surface area contributed by atoms with E-state index in [2.05, 4.69) is 6.55 Å². The molecule has 0 rings (SSSR count). The molecule has 6 heavy (non-hydrogen) atoms. The normalized spacial score (nSPS) is 10.0. The van der Waals surface area contributed by atoms with E-state index in [9.17, 15) is 0 Å². The van der Waals surface area contributed by atoms with Gasteiger partial charge in [-0.1, -0.05) is 6.55 Å². The van der Waals surface area contributed by atoms with Gasteiger partial charge in [0, 0.05) is 11.0 Å². The predicted molar refractivity (Wildman–Crippen MR) is 33.1 cm³/mol. The third-order valence-electron chi connectivity index (χ3n) is 0.456. The summed E-state index contributed by atoms with van der Waals surface area (Å²) in [6.45, 7) is 2.12. The molecule has 0 atom stereocenters. The second kappa shape index (κ2) is 3.97. The van der Waals surface area contributed by atoms with Gasteiger partial charge in [-0.25, -0.2) is 0 Å². The van der Waals surface area contributed by atoms with Crippen LogP contribution in [0.25, 0.3) is 0 Å². The van der Waals surface area contributed by atoms with Crippen molar-refractivity contribution >= 4 is 32.0 Å². The van der Waals surface area contributed by atoms with Gasteiger partial charge in [0.25, 0.3) is 0 Å². The third-order valence-corrected chi connectivity index (χ3v) is 4.11. The molecule has 0 saturated carbocycles. The molecule has 1 radical (unpaired) electrons. The molecule has 0 saturated heterocycles. The molecule has 37 valence electrons.